The highest BCUT2D eigenvalue weighted by molar-refractivity contribution is 5.56. The average molecular weight is 299 g/mol. The van der Waals surface area contributed by atoms with Crippen molar-refractivity contribution in [3.8, 4) is 11.5 Å². The van der Waals surface area contributed by atoms with Gasteiger partial charge in [0, 0.05) is 0 Å². The lowest BCUT2D eigenvalue weighted by atomic mass is 10.0. The van der Waals surface area contributed by atoms with Gasteiger partial charge in [-0.2, -0.15) is 0 Å². The van der Waals surface area contributed by atoms with E-state index in [0.29, 0.717) is 12.5 Å². The molecule has 0 aliphatic rings. The van der Waals surface area contributed by atoms with Crippen LogP contribution in [-0.4, -0.2) is 19.8 Å². The van der Waals surface area contributed by atoms with Crippen LogP contribution in [0.25, 0.3) is 0 Å². The third-order valence-corrected chi connectivity index (χ3v) is 3.57. The number of para-hydroxylation sites is 2. The summed E-state index contributed by atoms with van der Waals surface area (Å²) in [6.45, 7) is 7.15. The van der Waals surface area contributed by atoms with Gasteiger partial charge in [0.05, 0.1) is 19.3 Å². The first-order chi connectivity index (χ1) is 10.6. The van der Waals surface area contributed by atoms with Crippen LogP contribution in [0.15, 0.2) is 48.5 Å². The second-order valence-corrected chi connectivity index (χ2v) is 5.73. The van der Waals surface area contributed by atoms with Crippen LogP contribution in [0.3, 0.4) is 0 Å². The van der Waals surface area contributed by atoms with Crippen molar-refractivity contribution in [2.45, 2.75) is 32.8 Å². The van der Waals surface area contributed by atoms with Crippen LogP contribution in [0, 0.1) is 0 Å². The molecule has 0 aliphatic carbocycles. The smallest absolute Gasteiger partial charge is 0.141 e. The van der Waals surface area contributed by atoms with E-state index in [2.05, 4.69) is 38.2 Å². The standard InChI is InChI=1S/C19H25NO2/c1-14(2)16-9-11-17(12-10-16)22-15(3)13-20-18-7-5-6-8-19(18)21-4/h5-12,14-15,20H,13H2,1-4H3. The van der Waals surface area contributed by atoms with Crippen LogP contribution in [-0.2, 0) is 0 Å². The second kappa shape index (κ2) is 7.74. The number of nitrogens with one attached hydrogen (secondary N) is 1. The number of benzene rings is 2. The minimum Gasteiger partial charge on any atom is -0.495 e. The minimum absolute atomic E-state index is 0.0646. The Bertz CT molecular complexity index is 578. The topological polar surface area (TPSA) is 30.5 Å². The van der Waals surface area contributed by atoms with E-state index in [-0.39, 0.29) is 6.10 Å². The van der Waals surface area contributed by atoms with E-state index in [4.69, 9.17) is 9.47 Å². The molecular weight excluding hydrogens is 274 g/mol. The van der Waals surface area contributed by atoms with Crippen molar-refractivity contribution in [3.05, 3.63) is 54.1 Å². The highest BCUT2D eigenvalue weighted by atomic mass is 16.5. The summed E-state index contributed by atoms with van der Waals surface area (Å²) >= 11 is 0. The van der Waals surface area contributed by atoms with E-state index in [9.17, 15) is 0 Å². The van der Waals surface area contributed by atoms with E-state index in [0.717, 1.165) is 17.2 Å². The lowest BCUT2D eigenvalue weighted by Crippen LogP contribution is -2.22. The molecule has 0 radical (unpaired) electrons. The lowest BCUT2D eigenvalue weighted by molar-refractivity contribution is 0.234. The van der Waals surface area contributed by atoms with Crippen molar-refractivity contribution < 1.29 is 9.47 Å². The van der Waals surface area contributed by atoms with Gasteiger partial charge in [0.2, 0.25) is 0 Å². The van der Waals surface area contributed by atoms with Crippen LogP contribution in [0.5, 0.6) is 11.5 Å². The van der Waals surface area contributed by atoms with Gasteiger partial charge in [-0.25, -0.2) is 0 Å². The maximum absolute atomic E-state index is 5.94. The van der Waals surface area contributed by atoms with Crippen molar-refractivity contribution in [2.75, 3.05) is 19.0 Å². The summed E-state index contributed by atoms with van der Waals surface area (Å²) in [5.41, 5.74) is 2.31. The number of rotatable bonds is 7. The number of methoxy groups -OCH3 is 1. The van der Waals surface area contributed by atoms with Crippen molar-refractivity contribution in [3.63, 3.8) is 0 Å². The van der Waals surface area contributed by atoms with Crippen LogP contribution >= 0.6 is 0 Å². The second-order valence-electron chi connectivity index (χ2n) is 5.73. The Morgan fingerprint density at radius 2 is 1.64 bits per heavy atom. The number of hydrogen-bond donors (Lipinski definition) is 1. The van der Waals surface area contributed by atoms with Gasteiger partial charge in [-0.1, -0.05) is 38.1 Å². The molecule has 22 heavy (non-hydrogen) atoms. The molecule has 0 saturated heterocycles. The third kappa shape index (κ3) is 4.42. The molecule has 0 heterocycles. The van der Waals surface area contributed by atoms with Gasteiger partial charge < -0.3 is 14.8 Å². The van der Waals surface area contributed by atoms with E-state index in [1.54, 1.807) is 7.11 Å². The first-order valence-electron chi connectivity index (χ1n) is 7.73. The maximum Gasteiger partial charge on any atom is 0.141 e. The van der Waals surface area contributed by atoms with Gasteiger partial charge in [-0.15, -0.1) is 0 Å². The molecule has 3 heteroatoms. The molecule has 2 aromatic carbocycles. The number of anilines is 1. The number of ether oxygens (including phenoxy) is 2. The van der Waals surface area contributed by atoms with Gasteiger partial charge in [-0.05, 0) is 42.7 Å². The Morgan fingerprint density at radius 1 is 0.955 bits per heavy atom. The van der Waals surface area contributed by atoms with Crippen molar-refractivity contribution in [1.29, 1.82) is 0 Å². The van der Waals surface area contributed by atoms with E-state index in [1.807, 2.05) is 36.4 Å². The highest BCUT2D eigenvalue weighted by Gasteiger charge is 2.07. The first-order valence-corrected chi connectivity index (χ1v) is 7.73. The van der Waals surface area contributed by atoms with Crippen LogP contribution in [0.4, 0.5) is 5.69 Å². The Balaban J connectivity index is 1.88. The molecule has 0 amide bonds. The molecule has 2 aromatic rings. The van der Waals surface area contributed by atoms with Gasteiger partial charge in [0.15, 0.2) is 0 Å². The zero-order chi connectivity index (χ0) is 15.9. The molecule has 3 nitrogen and oxygen atoms in total. The van der Waals surface area contributed by atoms with Gasteiger partial charge in [0.25, 0.3) is 0 Å². The third-order valence-electron chi connectivity index (χ3n) is 3.57. The first kappa shape index (κ1) is 16.2. The molecule has 0 bridgehead atoms. The Kier molecular flexibility index (Phi) is 5.70. The molecule has 1 N–H and O–H groups in total. The summed E-state index contributed by atoms with van der Waals surface area (Å²) in [5, 5.41) is 3.36. The predicted molar refractivity (Wildman–Crippen MR) is 92.1 cm³/mol. The van der Waals surface area contributed by atoms with E-state index >= 15 is 0 Å². The SMILES string of the molecule is COc1ccccc1NCC(C)Oc1ccc(C(C)C)cc1. The summed E-state index contributed by atoms with van der Waals surface area (Å²) in [4.78, 5) is 0. The van der Waals surface area contributed by atoms with Gasteiger partial charge >= 0.3 is 0 Å². The molecule has 0 saturated carbocycles. The van der Waals surface area contributed by atoms with E-state index in [1.165, 1.54) is 5.56 Å². The fourth-order valence-electron chi connectivity index (χ4n) is 2.25. The molecule has 1 unspecified atom stereocenters. The summed E-state index contributed by atoms with van der Waals surface area (Å²) in [5.74, 6) is 2.29. The van der Waals surface area contributed by atoms with E-state index < -0.39 is 0 Å². The largest absolute Gasteiger partial charge is 0.495 e. The summed E-state index contributed by atoms with van der Waals surface area (Å²) < 4.78 is 11.3. The normalized spacial score (nSPS) is 12.0. The summed E-state index contributed by atoms with van der Waals surface area (Å²) in [7, 11) is 1.68. The van der Waals surface area contributed by atoms with Crippen LogP contribution in [0.1, 0.15) is 32.3 Å². The molecule has 0 spiro atoms. The lowest BCUT2D eigenvalue weighted by Gasteiger charge is -2.18. The minimum atomic E-state index is 0.0646. The van der Waals surface area contributed by atoms with Crippen molar-refractivity contribution in [2.24, 2.45) is 0 Å². The van der Waals surface area contributed by atoms with Gasteiger partial charge in [-0.3, -0.25) is 0 Å². The molecule has 118 valence electrons. The zero-order valence-corrected chi connectivity index (χ0v) is 13.8. The maximum atomic E-state index is 5.94. The molecule has 0 aliphatic heterocycles. The fraction of sp³-hybridized carbons (Fsp3) is 0.368. The van der Waals surface area contributed by atoms with Gasteiger partial charge in [0.1, 0.15) is 17.6 Å². The van der Waals surface area contributed by atoms with Crippen molar-refractivity contribution >= 4 is 5.69 Å². The number of hydrogen-bond acceptors (Lipinski definition) is 3. The summed E-state index contributed by atoms with van der Waals surface area (Å²) in [6, 6.07) is 16.2. The molecular formula is C19H25NO2. The molecule has 1 atom stereocenters. The molecule has 0 fully saturated rings. The predicted octanol–water partition coefficient (Wildman–Crippen LogP) is 4.70. The highest BCUT2D eigenvalue weighted by Crippen LogP contribution is 2.23. The Hall–Kier alpha value is -2.16. The fourth-order valence-corrected chi connectivity index (χ4v) is 2.25. The van der Waals surface area contributed by atoms with Crippen LogP contribution < -0.4 is 14.8 Å². The summed E-state index contributed by atoms with van der Waals surface area (Å²) in [6.07, 6.45) is 0.0646. The molecule has 0 aromatic heterocycles. The Labute approximate surface area is 133 Å². The zero-order valence-electron chi connectivity index (χ0n) is 13.8. The Morgan fingerprint density at radius 3 is 2.27 bits per heavy atom. The van der Waals surface area contributed by atoms with Crippen molar-refractivity contribution in [1.82, 2.24) is 0 Å². The molecule has 2 rings (SSSR count). The monoisotopic (exact) mass is 299 g/mol. The average Bonchev–Trinajstić information content (AvgIpc) is 2.53. The van der Waals surface area contributed by atoms with Crippen LogP contribution in [0.2, 0.25) is 0 Å². The quantitative estimate of drug-likeness (QED) is 0.804.